The van der Waals surface area contributed by atoms with Gasteiger partial charge in [-0.3, -0.25) is 20.1 Å². The van der Waals surface area contributed by atoms with Gasteiger partial charge in [-0.2, -0.15) is 5.10 Å². The Morgan fingerprint density at radius 2 is 1.68 bits per heavy atom. The lowest BCUT2D eigenvalue weighted by Gasteiger charge is -2.23. The van der Waals surface area contributed by atoms with E-state index in [0.29, 0.717) is 12.2 Å². The Kier molecular flexibility index (Phi) is 5.84. The van der Waals surface area contributed by atoms with Gasteiger partial charge in [-0.1, -0.05) is 26.8 Å². The summed E-state index contributed by atoms with van der Waals surface area (Å²) in [5.41, 5.74) is 7.89. The summed E-state index contributed by atoms with van der Waals surface area (Å²) < 4.78 is 0. The van der Waals surface area contributed by atoms with Crippen LogP contribution in [-0.2, 0) is 0 Å². The van der Waals surface area contributed by atoms with Crippen molar-refractivity contribution >= 4 is 27.6 Å². The summed E-state index contributed by atoms with van der Waals surface area (Å²) >= 11 is 0. The van der Waals surface area contributed by atoms with Gasteiger partial charge in [0.25, 0.3) is 0 Å². The van der Waals surface area contributed by atoms with Gasteiger partial charge in [0.15, 0.2) is 5.82 Å². The molecule has 6 aromatic rings. The molecule has 9 nitrogen and oxygen atoms in total. The molecule has 1 aromatic carbocycles. The van der Waals surface area contributed by atoms with Crippen LogP contribution in [0.5, 0.6) is 0 Å². The van der Waals surface area contributed by atoms with Crippen LogP contribution in [0, 0.1) is 5.41 Å². The maximum atomic E-state index is 10.5. The Bertz CT molecular complexity index is 1730. The summed E-state index contributed by atoms with van der Waals surface area (Å²) in [7, 11) is 0. The Labute approximate surface area is 219 Å². The van der Waals surface area contributed by atoms with Gasteiger partial charge in [0.05, 0.1) is 34.6 Å². The second kappa shape index (κ2) is 9.35. The predicted molar refractivity (Wildman–Crippen MR) is 149 cm³/mol. The number of pyridine rings is 3. The van der Waals surface area contributed by atoms with Crippen LogP contribution in [0.15, 0.2) is 73.6 Å². The molecule has 6 rings (SSSR count). The highest BCUT2D eigenvalue weighted by Gasteiger charge is 2.18. The molecule has 9 heteroatoms. The van der Waals surface area contributed by atoms with E-state index in [0.717, 1.165) is 55.6 Å². The van der Waals surface area contributed by atoms with Gasteiger partial charge in [0.1, 0.15) is 11.9 Å². The fraction of sp³-hybridized carbons (Fsp3) is 0.207. The monoisotopic (exact) mass is 504 g/mol. The molecule has 4 N–H and O–H groups in total. The van der Waals surface area contributed by atoms with Crippen LogP contribution in [0.3, 0.4) is 0 Å². The molecule has 0 aliphatic heterocycles. The predicted octanol–water partition coefficient (Wildman–Crippen LogP) is 5.79. The molecular weight excluding hydrogens is 476 g/mol. The van der Waals surface area contributed by atoms with E-state index in [9.17, 15) is 5.11 Å². The molecule has 0 amide bonds. The normalized spacial score (nSPS) is 12.7. The molecule has 0 aliphatic carbocycles. The van der Waals surface area contributed by atoms with E-state index in [2.05, 4.69) is 62.3 Å². The Morgan fingerprint density at radius 1 is 0.868 bits per heavy atom. The third-order valence-electron chi connectivity index (χ3n) is 6.38. The van der Waals surface area contributed by atoms with E-state index in [1.54, 1.807) is 24.8 Å². The van der Waals surface area contributed by atoms with Gasteiger partial charge in [0.2, 0.25) is 0 Å². The first-order valence-corrected chi connectivity index (χ1v) is 12.5. The topological polar surface area (TPSA) is 128 Å². The molecule has 5 heterocycles. The largest absolute Gasteiger partial charge is 0.374 e. The quantitative estimate of drug-likeness (QED) is 0.211. The molecule has 5 aromatic heterocycles. The van der Waals surface area contributed by atoms with Gasteiger partial charge in [-0.05, 0) is 53.3 Å². The summed E-state index contributed by atoms with van der Waals surface area (Å²) in [4.78, 5) is 21.2. The number of fused-ring (bicyclic) bond motifs is 2. The lowest BCUT2D eigenvalue weighted by molar-refractivity contribution is 0.145. The van der Waals surface area contributed by atoms with Crippen molar-refractivity contribution in [2.45, 2.75) is 33.4 Å². The zero-order valence-corrected chi connectivity index (χ0v) is 21.4. The molecule has 0 aliphatic rings. The first-order valence-electron chi connectivity index (χ1n) is 12.5. The average Bonchev–Trinajstić information content (AvgIpc) is 3.51. The van der Waals surface area contributed by atoms with E-state index in [1.807, 2.05) is 42.7 Å². The van der Waals surface area contributed by atoms with Crippen LogP contribution < -0.4 is 5.32 Å². The van der Waals surface area contributed by atoms with Crippen LogP contribution in [0.1, 0.15) is 27.2 Å². The van der Waals surface area contributed by atoms with Crippen molar-refractivity contribution in [3.05, 3.63) is 73.6 Å². The average molecular weight is 505 g/mol. The minimum absolute atomic E-state index is 0.00591. The zero-order chi connectivity index (χ0) is 26.3. The second-order valence-electron chi connectivity index (χ2n) is 10.6. The van der Waals surface area contributed by atoms with Crippen LogP contribution in [0.25, 0.3) is 55.7 Å². The van der Waals surface area contributed by atoms with Crippen molar-refractivity contribution < 1.29 is 5.11 Å². The smallest absolute Gasteiger partial charge is 0.159 e. The number of rotatable bonds is 6. The summed E-state index contributed by atoms with van der Waals surface area (Å²) in [5, 5.41) is 22.3. The fourth-order valence-electron chi connectivity index (χ4n) is 4.66. The number of imidazole rings is 1. The third kappa shape index (κ3) is 4.71. The maximum Gasteiger partial charge on any atom is 0.159 e. The van der Waals surface area contributed by atoms with Gasteiger partial charge in [-0.15, -0.1) is 0 Å². The lowest BCUT2D eigenvalue weighted by Crippen LogP contribution is -2.25. The van der Waals surface area contributed by atoms with Crippen LogP contribution in [0.2, 0.25) is 0 Å². The first kappa shape index (κ1) is 23.7. The van der Waals surface area contributed by atoms with Crippen molar-refractivity contribution in [2.24, 2.45) is 5.41 Å². The maximum absolute atomic E-state index is 10.5. The third-order valence-corrected chi connectivity index (χ3v) is 6.38. The Morgan fingerprint density at radius 3 is 2.50 bits per heavy atom. The van der Waals surface area contributed by atoms with E-state index >= 15 is 0 Å². The molecule has 0 saturated carbocycles. The number of aromatic nitrogens is 7. The minimum Gasteiger partial charge on any atom is -0.374 e. The Hall–Kier alpha value is -4.63. The van der Waals surface area contributed by atoms with Crippen molar-refractivity contribution in [3.8, 4) is 33.8 Å². The molecule has 0 unspecified atom stereocenters. The highest BCUT2D eigenvalue weighted by atomic mass is 16.3. The molecule has 0 radical (unpaired) electrons. The van der Waals surface area contributed by atoms with E-state index in [1.165, 1.54) is 0 Å². The number of hydrogen-bond donors (Lipinski definition) is 4. The number of nitrogens with one attached hydrogen (secondary N) is 3. The molecule has 38 heavy (non-hydrogen) atoms. The zero-order valence-electron chi connectivity index (χ0n) is 21.4. The molecule has 1 atom stereocenters. The number of aliphatic hydroxyl groups is 1. The number of anilines is 1. The lowest BCUT2D eigenvalue weighted by atomic mass is 9.91. The van der Waals surface area contributed by atoms with Crippen LogP contribution >= 0.6 is 0 Å². The SMILES string of the molecule is CC(C)(C)C[C@H](O)Nc1cncc(-c2ccc3[nH]nc(-c4nc5c(-c6ccncc6)cncc5[nH]4)c3c2)c1. The molecular formula is C29H28N8O. The number of aromatic amines is 2. The fourth-order valence-corrected chi connectivity index (χ4v) is 4.66. The number of H-pyrrole nitrogens is 2. The number of hydrogen-bond acceptors (Lipinski definition) is 7. The minimum atomic E-state index is -0.658. The van der Waals surface area contributed by atoms with Crippen molar-refractivity contribution in [1.82, 2.24) is 35.1 Å². The molecule has 0 spiro atoms. The van der Waals surface area contributed by atoms with Crippen molar-refractivity contribution in [2.75, 3.05) is 5.32 Å². The first-order chi connectivity index (χ1) is 18.3. The van der Waals surface area contributed by atoms with Gasteiger partial charge < -0.3 is 15.4 Å². The molecule has 0 bridgehead atoms. The summed E-state index contributed by atoms with van der Waals surface area (Å²) in [5.74, 6) is 0.658. The van der Waals surface area contributed by atoms with E-state index in [-0.39, 0.29) is 5.41 Å². The number of benzene rings is 1. The standard InChI is InChI=1S/C29H28N8O/c1-29(2,3)12-25(38)33-20-10-19(13-31-14-20)18-4-5-23-21(11-18)27(37-36-23)28-34-24-16-32-15-22(26(24)35-28)17-6-8-30-9-7-17/h4-11,13-16,25,33,38H,12H2,1-3H3,(H,34,35)(H,36,37)/t25-/m0/s1. The molecule has 0 fully saturated rings. The number of nitrogens with zero attached hydrogens (tertiary/aromatic N) is 5. The molecule has 190 valence electrons. The van der Waals surface area contributed by atoms with Gasteiger partial charge in [-0.25, -0.2) is 4.98 Å². The summed E-state index contributed by atoms with van der Waals surface area (Å²) in [6.07, 6.45) is 10.6. The van der Waals surface area contributed by atoms with Crippen LogP contribution in [0.4, 0.5) is 5.69 Å². The second-order valence-corrected chi connectivity index (χ2v) is 10.6. The number of aliphatic hydroxyl groups excluding tert-OH is 1. The van der Waals surface area contributed by atoms with Crippen molar-refractivity contribution in [1.29, 1.82) is 0 Å². The highest BCUT2D eigenvalue weighted by molar-refractivity contribution is 5.98. The Balaban J connectivity index is 1.36. The van der Waals surface area contributed by atoms with Crippen molar-refractivity contribution in [3.63, 3.8) is 0 Å². The molecule has 0 saturated heterocycles. The van der Waals surface area contributed by atoms with E-state index < -0.39 is 6.23 Å². The van der Waals surface area contributed by atoms with Gasteiger partial charge >= 0.3 is 0 Å². The van der Waals surface area contributed by atoms with E-state index in [4.69, 9.17) is 4.98 Å². The van der Waals surface area contributed by atoms with Gasteiger partial charge in [0, 0.05) is 41.3 Å². The highest BCUT2D eigenvalue weighted by Crippen LogP contribution is 2.33. The summed E-state index contributed by atoms with van der Waals surface area (Å²) in [6, 6.07) is 12.0. The van der Waals surface area contributed by atoms with Crippen LogP contribution in [-0.4, -0.2) is 46.5 Å². The summed E-state index contributed by atoms with van der Waals surface area (Å²) in [6.45, 7) is 6.30.